The Morgan fingerprint density at radius 1 is 1.30 bits per heavy atom. The van der Waals surface area contributed by atoms with E-state index in [0.29, 0.717) is 12.5 Å². The Kier molecular flexibility index (Phi) is 3.61. The Bertz CT molecular complexity index is 585. The fourth-order valence-electron chi connectivity index (χ4n) is 2.92. The predicted molar refractivity (Wildman–Crippen MR) is 78.9 cm³/mol. The third-order valence-corrected chi connectivity index (χ3v) is 4.17. The third kappa shape index (κ3) is 2.77. The van der Waals surface area contributed by atoms with E-state index in [2.05, 4.69) is 15.4 Å². The molecule has 108 valence electrons. The first-order valence-corrected chi connectivity index (χ1v) is 7.45. The monoisotopic (exact) mass is 274 g/mol. The van der Waals surface area contributed by atoms with Gasteiger partial charge in [-0.25, -0.2) is 4.52 Å². The van der Waals surface area contributed by atoms with Crippen LogP contribution in [-0.4, -0.2) is 31.9 Å². The summed E-state index contributed by atoms with van der Waals surface area (Å²) < 4.78 is 1.77. The number of aryl methyl sites for hydroxylation is 1. The summed E-state index contributed by atoms with van der Waals surface area (Å²) in [6.07, 6.45) is 8.30. The number of anilines is 1. The number of nitrogens with one attached hydrogen (secondary N) is 1. The van der Waals surface area contributed by atoms with Crippen molar-refractivity contribution in [1.82, 2.24) is 14.6 Å². The van der Waals surface area contributed by atoms with Crippen LogP contribution in [0.4, 0.5) is 5.95 Å². The number of rotatable bonds is 3. The van der Waals surface area contributed by atoms with Gasteiger partial charge in [0.15, 0.2) is 5.65 Å². The summed E-state index contributed by atoms with van der Waals surface area (Å²) in [6.45, 7) is 2.55. The molecule has 1 aliphatic rings. The summed E-state index contributed by atoms with van der Waals surface area (Å²) in [5.74, 6) is 0.594. The van der Waals surface area contributed by atoms with Crippen molar-refractivity contribution in [3.05, 3.63) is 23.9 Å². The van der Waals surface area contributed by atoms with Crippen LogP contribution in [0, 0.1) is 6.92 Å². The van der Waals surface area contributed by atoms with Crippen LogP contribution >= 0.6 is 0 Å². The zero-order chi connectivity index (χ0) is 14.0. The van der Waals surface area contributed by atoms with Crippen LogP contribution < -0.4 is 5.32 Å². The molecule has 5 heteroatoms. The van der Waals surface area contributed by atoms with Gasteiger partial charge in [0.25, 0.3) is 0 Å². The van der Waals surface area contributed by atoms with E-state index in [9.17, 15) is 5.11 Å². The standard InChI is InChI=1S/C15H22N4O/c1-12-7-6-10-19-13(12)17-14(18-19)16-11-15(20)8-4-2-3-5-9-15/h6-7,10,20H,2-5,8-9,11H2,1H3,(H,16,18). The fraction of sp³-hybridized carbons (Fsp3) is 0.600. The van der Waals surface area contributed by atoms with Gasteiger partial charge in [-0.15, -0.1) is 5.10 Å². The molecule has 2 aromatic rings. The van der Waals surface area contributed by atoms with Crippen molar-refractivity contribution in [1.29, 1.82) is 0 Å². The van der Waals surface area contributed by atoms with Crippen molar-refractivity contribution in [2.45, 2.75) is 51.0 Å². The number of fused-ring (bicyclic) bond motifs is 1. The van der Waals surface area contributed by atoms with Gasteiger partial charge in [-0.2, -0.15) is 4.98 Å². The molecule has 2 N–H and O–H groups in total. The third-order valence-electron chi connectivity index (χ3n) is 4.17. The Morgan fingerprint density at radius 3 is 2.75 bits per heavy atom. The largest absolute Gasteiger partial charge is 0.388 e. The average molecular weight is 274 g/mol. The molecule has 5 nitrogen and oxygen atoms in total. The molecule has 2 heterocycles. The molecule has 1 fully saturated rings. The minimum atomic E-state index is -0.608. The van der Waals surface area contributed by atoms with Crippen LogP contribution in [-0.2, 0) is 0 Å². The molecule has 0 aromatic carbocycles. The number of nitrogens with zero attached hydrogens (tertiary/aromatic N) is 3. The van der Waals surface area contributed by atoms with Crippen molar-refractivity contribution < 1.29 is 5.11 Å². The minimum Gasteiger partial charge on any atom is -0.388 e. The second-order valence-electron chi connectivity index (χ2n) is 5.89. The Hall–Kier alpha value is -1.62. The van der Waals surface area contributed by atoms with Crippen LogP contribution in [0.2, 0.25) is 0 Å². The zero-order valence-electron chi connectivity index (χ0n) is 12.0. The molecule has 20 heavy (non-hydrogen) atoms. The molecule has 0 atom stereocenters. The van der Waals surface area contributed by atoms with Gasteiger partial charge in [-0.1, -0.05) is 31.7 Å². The van der Waals surface area contributed by atoms with Crippen molar-refractivity contribution in [3.63, 3.8) is 0 Å². The second kappa shape index (κ2) is 5.40. The first kappa shape index (κ1) is 13.4. The lowest BCUT2D eigenvalue weighted by molar-refractivity contribution is 0.0380. The summed E-state index contributed by atoms with van der Waals surface area (Å²) >= 11 is 0. The van der Waals surface area contributed by atoms with Crippen LogP contribution in [0.5, 0.6) is 0 Å². The highest BCUT2D eigenvalue weighted by Gasteiger charge is 2.28. The minimum absolute atomic E-state index is 0.531. The number of hydrogen-bond acceptors (Lipinski definition) is 4. The molecule has 0 saturated heterocycles. The molecule has 0 aliphatic heterocycles. The summed E-state index contributed by atoms with van der Waals surface area (Å²) in [4.78, 5) is 4.48. The highest BCUT2D eigenvalue weighted by Crippen LogP contribution is 2.27. The quantitative estimate of drug-likeness (QED) is 0.844. The lowest BCUT2D eigenvalue weighted by atomic mass is 9.95. The maximum Gasteiger partial charge on any atom is 0.243 e. The Morgan fingerprint density at radius 2 is 2.05 bits per heavy atom. The smallest absolute Gasteiger partial charge is 0.243 e. The molecule has 2 aromatic heterocycles. The number of hydrogen-bond donors (Lipinski definition) is 2. The lowest BCUT2D eigenvalue weighted by Gasteiger charge is -2.26. The summed E-state index contributed by atoms with van der Waals surface area (Å²) in [6, 6.07) is 3.98. The van der Waals surface area contributed by atoms with E-state index in [4.69, 9.17) is 0 Å². The topological polar surface area (TPSA) is 62.5 Å². The molecule has 0 spiro atoms. The van der Waals surface area contributed by atoms with Gasteiger partial charge in [0.1, 0.15) is 0 Å². The molecule has 0 amide bonds. The van der Waals surface area contributed by atoms with E-state index in [1.165, 1.54) is 12.8 Å². The molecular weight excluding hydrogens is 252 g/mol. The maximum absolute atomic E-state index is 10.6. The predicted octanol–water partition coefficient (Wildman–Crippen LogP) is 2.53. The molecular formula is C15H22N4O. The summed E-state index contributed by atoms with van der Waals surface area (Å²) in [5.41, 5.74) is 1.35. The van der Waals surface area contributed by atoms with E-state index >= 15 is 0 Å². The normalized spacial score (nSPS) is 18.9. The van der Waals surface area contributed by atoms with E-state index in [0.717, 1.165) is 36.9 Å². The molecule has 0 bridgehead atoms. The summed E-state index contributed by atoms with van der Waals surface area (Å²) in [7, 11) is 0. The molecule has 3 rings (SSSR count). The van der Waals surface area contributed by atoms with Gasteiger partial charge < -0.3 is 10.4 Å². The Labute approximate surface area is 119 Å². The van der Waals surface area contributed by atoms with Crippen molar-refractivity contribution >= 4 is 11.6 Å². The van der Waals surface area contributed by atoms with Gasteiger partial charge in [-0.05, 0) is 31.4 Å². The van der Waals surface area contributed by atoms with E-state index < -0.39 is 5.60 Å². The Balaban J connectivity index is 1.71. The van der Waals surface area contributed by atoms with Gasteiger partial charge in [0.2, 0.25) is 5.95 Å². The van der Waals surface area contributed by atoms with Crippen molar-refractivity contribution in [2.24, 2.45) is 0 Å². The molecule has 1 saturated carbocycles. The van der Waals surface area contributed by atoms with E-state index in [-0.39, 0.29) is 0 Å². The summed E-state index contributed by atoms with van der Waals surface area (Å²) in [5, 5.41) is 18.2. The van der Waals surface area contributed by atoms with Crippen LogP contribution in [0.15, 0.2) is 18.3 Å². The molecule has 0 radical (unpaired) electrons. The zero-order valence-corrected chi connectivity index (χ0v) is 12.0. The highest BCUT2D eigenvalue weighted by atomic mass is 16.3. The first-order chi connectivity index (χ1) is 9.66. The van der Waals surface area contributed by atoms with Crippen LogP contribution in [0.1, 0.15) is 44.1 Å². The van der Waals surface area contributed by atoms with Crippen molar-refractivity contribution in [3.8, 4) is 0 Å². The molecule has 0 unspecified atom stereocenters. The van der Waals surface area contributed by atoms with Crippen LogP contribution in [0.25, 0.3) is 5.65 Å². The van der Waals surface area contributed by atoms with Gasteiger partial charge in [-0.3, -0.25) is 0 Å². The lowest BCUT2D eigenvalue weighted by Crippen LogP contribution is -2.36. The first-order valence-electron chi connectivity index (χ1n) is 7.45. The fourth-order valence-corrected chi connectivity index (χ4v) is 2.92. The number of pyridine rings is 1. The maximum atomic E-state index is 10.6. The van der Waals surface area contributed by atoms with Gasteiger partial charge in [0.05, 0.1) is 5.60 Å². The number of aromatic nitrogens is 3. The second-order valence-corrected chi connectivity index (χ2v) is 5.89. The van der Waals surface area contributed by atoms with Crippen LogP contribution in [0.3, 0.4) is 0 Å². The SMILES string of the molecule is Cc1cccn2nc(NCC3(O)CCCCCC3)nc12. The van der Waals surface area contributed by atoms with Gasteiger partial charge >= 0.3 is 0 Å². The highest BCUT2D eigenvalue weighted by molar-refractivity contribution is 5.49. The molecule has 1 aliphatic carbocycles. The average Bonchev–Trinajstić information content (AvgIpc) is 2.74. The number of aliphatic hydroxyl groups is 1. The van der Waals surface area contributed by atoms with E-state index in [1.54, 1.807) is 4.52 Å². The van der Waals surface area contributed by atoms with Crippen molar-refractivity contribution in [2.75, 3.05) is 11.9 Å². The van der Waals surface area contributed by atoms with Gasteiger partial charge in [0, 0.05) is 12.7 Å². The van der Waals surface area contributed by atoms with E-state index in [1.807, 2.05) is 25.3 Å².